The molecule has 2 amide bonds. The second-order valence-electron chi connectivity index (χ2n) is 7.10. The van der Waals surface area contributed by atoms with Crippen molar-refractivity contribution >= 4 is 29.6 Å². The van der Waals surface area contributed by atoms with Crippen LogP contribution >= 0.6 is 11.6 Å². The second-order valence-corrected chi connectivity index (χ2v) is 7.54. The van der Waals surface area contributed by atoms with Crippen LogP contribution in [-0.4, -0.2) is 35.9 Å². The average molecular weight is 435 g/mol. The average Bonchev–Trinajstić information content (AvgIpc) is 3.09. The molecule has 1 fully saturated rings. The Bertz CT molecular complexity index is 1130. The highest BCUT2D eigenvalue weighted by Gasteiger charge is 2.47. The van der Waals surface area contributed by atoms with Crippen molar-refractivity contribution in [3.8, 4) is 5.75 Å². The van der Waals surface area contributed by atoms with E-state index in [-0.39, 0.29) is 11.8 Å². The van der Waals surface area contributed by atoms with Crippen molar-refractivity contribution in [1.29, 1.82) is 0 Å². The fourth-order valence-electron chi connectivity index (χ4n) is 3.54. The van der Waals surface area contributed by atoms with E-state index >= 15 is 0 Å². The maximum Gasteiger partial charge on any atom is 0.304 e. The van der Waals surface area contributed by atoms with Crippen LogP contribution < -0.4 is 15.5 Å². The number of hydrazone groups is 1. The van der Waals surface area contributed by atoms with Gasteiger partial charge in [-0.2, -0.15) is 0 Å². The lowest BCUT2D eigenvalue weighted by Gasteiger charge is -2.14. The van der Waals surface area contributed by atoms with Gasteiger partial charge in [0.2, 0.25) is 12.3 Å². The Hall–Kier alpha value is -3.64. The number of hydrogen-bond acceptors (Lipinski definition) is 3. The van der Waals surface area contributed by atoms with E-state index in [9.17, 15) is 9.59 Å². The molecule has 0 aromatic heterocycles. The van der Waals surface area contributed by atoms with E-state index < -0.39 is 12.1 Å². The number of rotatable bonds is 5. The molecular formula is C24H21ClN3O3+. The van der Waals surface area contributed by atoms with Crippen LogP contribution in [0.4, 0.5) is 0 Å². The number of carbonyl (C=O) groups excluding carboxylic acids is 2. The third-order valence-electron chi connectivity index (χ3n) is 5.05. The SMILES string of the molecule is COc1cccc(/C=[N+]2\NC(=O)[C@H](NC(=O)c3ccc(Cl)cc3)[C@H]2c2ccccc2)c1. The van der Waals surface area contributed by atoms with Crippen LogP contribution in [0, 0.1) is 0 Å². The summed E-state index contributed by atoms with van der Waals surface area (Å²) in [4.78, 5) is 25.7. The van der Waals surface area contributed by atoms with Crippen molar-refractivity contribution in [3.05, 3.63) is 101 Å². The smallest absolute Gasteiger partial charge is 0.304 e. The number of benzene rings is 3. The Morgan fingerprint density at radius 2 is 1.81 bits per heavy atom. The van der Waals surface area contributed by atoms with Crippen molar-refractivity contribution in [1.82, 2.24) is 10.7 Å². The lowest BCUT2D eigenvalue weighted by atomic mass is 10.00. The molecule has 1 heterocycles. The minimum absolute atomic E-state index is 0.296. The highest BCUT2D eigenvalue weighted by Crippen LogP contribution is 2.25. The van der Waals surface area contributed by atoms with E-state index in [0.29, 0.717) is 16.3 Å². The van der Waals surface area contributed by atoms with Crippen LogP contribution in [0.15, 0.2) is 78.9 Å². The van der Waals surface area contributed by atoms with Gasteiger partial charge in [-0.15, -0.1) is 10.1 Å². The summed E-state index contributed by atoms with van der Waals surface area (Å²) in [6.45, 7) is 0. The highest BCUT2D eigenvalue weighted by atomic mass is 35.5. The summed E-state index contributed by atoms with van der Waals surface area (Å²) < 4.78 is 7.01. The van der Waals surface area contributed by atoms with Crippen LogP contribution in [-0.2, 0) is 4.79 Å². The van der Waals surface area contributed by atoms with Crippen molar-refractivity contribution in [2.24, 2.45) is 0 Å². The molecule has 6 nitrogen and oxygen atoms in total. The third kappa shape index (κ3) is 4.59. The van der Waals surface area contributed by atoms with Crippen LogP contribution in [0.2, 0.25) is 5.02 Å². The molecule has 4 rings (SSSR count). The lowest BCUT2D eigenvalue weighted by Crippen LogP contribution is -2.42. The van der Waals surface area contributed by atoms with Gasteiger partial charge in [-0.1, -0.05) is 48.0 Å². The molecule has 0 saturated carbocycles. The number of amides is 2. The Morgan fingerprint density at radius 3 is 2.52 bits per heavy atom. The Labute approximate surface area is 185 Å². The molecule has 3 aromatic rings. The molecular weight excluding hydrogens is 414 g/mol. The molecule has 7 heteroatoms. The molecule has 2 atom stereocenters. The lowest BCUT2D eigenvalue weighted by molar-refractivity contribution is -0.596. The van der Waals surface area contributed by atoms with Gasteiger partial charge in [-0.3, -0.25) is 9.59 Å². The maximum atomic E-state index is 12.9. The number of hydrazine groups is 1. The zero-order valence-electron chi connectivity index (χ0n) is 16.8. The Morgan fingerprint density at radius 1 is 1.06 bits per heavy atom. The van der Waals surface area contributed by atoms with E-state index in [0.717, 1.165) is 11.1 Å². The second kappa shape index (κ2) is 9.02. The number of ether oxygens (including phenoxy) is 1. The first-order chi connectivity index (χ1) is 15.0. The first-order valence-corrected chi connectivity index (χ1v) is 10.1. The van der Waals surface area contributed by atoms with E-state index in [2.05, 4.69) is 10.7 Å². The summed E-state index contributed by atoms with van der Waals surface area (Å²) in [5.74, 6) is 0.0689. The number of methoxy groups -OCH3 is 1. The molecule has 3 aromatic carbocycles. The summed E-state index contributed by atoms with van der Waals surface area (Å²) in [6.07, 6.45) is 1.83. The number of carbonyl (C=O) groups is 2. The summed E-state index contributed by atoms with van der Waals surface area (Å²) in [7, 11) is 1.60. The fraction of sp³-hybridized carbons (Fsp3) is 0.125. The van der Waals surface area contributed by atoms with Gasteiger partial charge in [0.1, 0.15) is 5.75 Å². The molecule has 1 saturated heterocycles. The molecule has 0 bridgehead atoms. The molecule has 1 aliphatic heterocycles. The van der Waals surface area contributed by atoms with Crippen molar-refractivity contribution < 1.29 is 19.0 Å². The van der Waals surface area contributed by atoms with Crippen LogP contribution in [0.1, 0.15) is 27.5 Å². The Balaban J connectivity index is 1.68. The summed E-state index contributed by atoms with van der Waals surface area (Å²) in [5.41, 5.74) is 5.04. The monoisotopic (exact) mass is 434 g/mol. The summed E-state index contributed by atoms with van der Waals surface area (Å²) in [5, 5.41) is 3.41. The van der Waals surface area contributed by atoms with Crippen molar-refractivity contribution in [2.75, 3.05) is 7.11 Å². The van der Waals surface area contributed by atoms with Crippen LogP contribution in [0.3, 0.4) is 0 Å². The van der Waals surface area contributed by atoms with Gasteiger partial charge < -0.3 is 10.1 Å². The number of hydrogen-bond donors (Lipinski definition) is 2. The van der Waals surface area contributed by atoms with Gasteiger partial charge in [-0.05, 0) is 42.5 Å². The van der Waals surface area contributed by atoms with Crippen LogP contribution in [0.5, 0.6) is 5.75 Å². The predicted molar refractivity (Wildman–Crippen MR) is 118 cm³/mol. The largest absolute Gasteiger partial charge is 0.497 e. The molecule has 31 heavy (non-hydrogen) atoms. The standard InChI is InChI=1S/C24H20ClN3O3/c1-31-20-9-5-6-16(14-20)15-28-22(17-7-3-2-4-8-17)21(24(30)27-28)26-23(29)18-10-12-19(25)13-11-18/h2-15,21-22H,1H3,(H-,26,27,29,30)/p+1/b28-15-/t21-,22-/m1/s1. The first-order valence-electron chi connectivity index (χ1n) is 9.74. The molecule has 0 aliphatic carbocycles. The minimum Gasteiger partial charge on any atom is -0.497 e. The highest BCUT2D eigenvalue weighted by molar-refractivity contribution is 6.30. The van der Waals surface area contributed by atoms with E-state index in [1.165, 1.54) is 0 Å². The minimum atomic E-state index is -0.785. The molecule has 0 unspecified atom stereocenters. The van der Waals surface area contributed by atoms with Gasteiger partial charge in [0.05, 0.1) is 7.11 Å². The third-order valence-corrected chi connectivity index (χ3v) is 5.31. The Kier molecular flexibility index (Phi) is 6.00. The summed E-state index contributed by atoms with van der Waals surface area (Å²) in [6, 6.07) is 22.4. The molecule has 2 N–H and O–H groups in total. The van der Waals surface area contributed by atoms with E-state index in [1.807, 2.05) is 60.8 Å². The maximum absolute atomic E-state index is 12.9. The van der Waals surface area contributed by atoms with Gasteiger partial charge in [0.25, 0.3) is 5.91 Å². The number of nitrogens with zero attached hydrogens (tertiary/aromatic N) is 1. The number of nitrogens with one attached hydrogen (secondary N) is 2. The fourth-order valence-corrected chi connectivity index (χ4v) is 3.66. The molecule has 156 valence electrons. The number of halogens is 1. The van der Waals surface area contributed by atoms with Gasteiger partial charge in [0, 0.05) is 21.7 Å². The molecule has 0 radical (unpaired) electrons. The molecule has 1 aliphatic rings. The van der Waals surface area contributed by atoms with Crippen molar-refractivity contribution in [2.45, 2.75) is 12.1 Å². The van der Waals surface area contributed by atoms with E-state index in [1.54, 1.807) is 36.1 Å². The van der Waals surface area contributed by atoms with Crippen LogP contribution in [0.25, 0.3) is 0 Å². The van der Waals surface area contributed by atoms with Crippen molar-refractivity contribution in [3.63, 3.8) is 0 Å². The predicted octanol–water partition coefficient (Wildman–Crippen LogP) is 3.36. The van der Waals surface area contributed by atoms with Gasteiger partial charge >= 0.3 is 5.91 Å². The summed E-state index contributed by atoms with van der Waals surface area (Å²) >= 11 is 5.92. The molecule has 0 spiro atoms. The normalized spacial score (nSPS) is 19.2. The quantitative estimate of drug-likeness (QED) is 0.605. The topological polar surface area (TPSA) is 70.4 Å². The zero-order chi connectivity index (χ0) is 21.8. The van der Waals surface area contributed by atoms with Gasteiger partial charge in [0.15, 0.2) is 6.04 Å². The van der Waals surface area contributed by atoms with E-state index in [4.69, 9.17) is 16.3 Å². The first kappa shape index (κ1) is 20.6. The van der Waals surface area contributed by atoms with Gasteiger partial charge in [-0.25, -0.2) is 0 Å². The zero-order valence-corrected chi connectivity index (χ0v) is 17.5.